The van der Waals surface area contributed by atoms with Crippen molar-refractivity contribution in [1.82, 2.24) is 5.48 Å². The van der Waals surface area contributed by atoms with Crippen molar-refractivity contribution >= 4 is 9.84 Å². The van der Waals surface area contributed by atoms with E-state index in [9.17, 15) is 26.8 Å². The van der Waals surface area contributed by atoms with Crippen LogP contribution in [0.2, 0.25) is 0 Å². The number of hydroxylamine groups is 1. The van der Waals surface area contributed by atoms with Gasteiger partial charge in [-0.1, -0.05) is 0 Å². The molecule has 0 saturated carbocycles. The predicted molar refractivity (Wildman–Crippen MR) is 97.7 cm³/mol. The molecule has 1 heterocycles. The summed E-state index contributed by atoms with van der Waals surface area (Å²) in [5.41, 5.74) is 1.23. The summed E-state index contributed by atoms with van der Waals surface area (Å²) < 4.78 is 73.9. The smallest absolute Gasteiger partial charge is 0.416 e. The van der Waals surface area contributed by atoms with Crippen LogP contribution in [0.25, 0.3) is 0 Å². The molecule has 0 unspecified atom stereocenters. The Morgan fingerprint density at radius 2 is 1.69 bits per heavy atom. The highest BCUT2D eigenvalue weighted by Crippen LogP contribution is 2.31. The minimum atomic E-state index is -4.43. The van der Waals surface area contributed by atoms with Gasteiger partial charge in [-0.05, 0) is 61.4 Å². The lowest BCUT2D eigenvalue weighted by molar-refractivity contribution is -0.137. The lowest BCUT2D eigenvalue weighted by atomic mass is 10.1. The van der Waals surface area contributed by atoms with Crippen molar-refractivity contribution in [2.24, 2.45) is 0 Å². The van der Waals surface area contributed by atoms with Gasteiger partial charge in [0.1, 0.15) is 11.5 Å². The highest BCUT2D eigenvalue weighted by molar-refractivity contribution is 7.91. The van der Waals surface area contributed by atoms with Gasteiger partial charge in [0.05, 0.1) is 28.4 Å². The maximum Gasteiger partial charge on any atom is 0.416 e. The predicted octanol–water partition coefficient (Wildman–Crippen LogP) is 3.80. The van der Waals surface area contributed by atoms with Crippen LogP contribution in [0.5, 0.6) is 11.5 Å². The van der Waals surface area contributed by atoms with E-state index in [1.807, 2.05) is 5.48 Å². The molecule has 0 bridgehead atoms. The van der Waals surface area contributed by atoms with Gasteiger partial charge in [0.15, 0.2) is 9.84 Å². The molecule has 2 aromatic rings. The molecule has 1 fully saturated rings. The first-order valence-electron chi connectivity index (χ1n) is 8.88. The van der Waals surface area contributed by atoms with Crippen molar-refractivity contribution in [3.8, 4) is 11.5 Å². The van der Waals surface area contributed by atoms with Crippen molar-refractivity contribution in [2.75, 3.05) is 12.4 Å². The second kappa shape index (κ2) is 8.70. The van der Waals surface area contributed by atoms with Gasteiger partial charge in [-0.2, -0.15) is 18.7 Å². The van der Waals surface area contributed by atoms with Crippen LogP contribution in [0.1, 0.15) is 18.4 Å². The molecule has 0 amide bonds. The highest BCUT2D eigenvalue weighted by Gasteiger charge is 2.31. The van der Waals surface area contributed by atoms with Crippen LogP contribution < -0.4 is 10.2 Å². The molecule has 0 radical (unpaired) electrons. The average Bonchev–Trinajstić information content (AvgIpc) is 3.21. The molecule has 0 aliphatic carbocycles. The number of ether oxygens (including phenoxy) is 2. The first-order chi connectivity index (χ1) is 13.7. The zero-order valence-electron chi connectivity index (χ0n) is 15.2. The summed E-state index contributed by atoms with van der Waals surface area (Å²) in [5, 5.41) is 9.29. The number of benzene rings is 2. The monoisotopic (exact) mass is 431 g/mol. The van der Waals surface area contributed by atoms with Gasteiger partial charge in [-0.25, -0.2) is 8.42 Å². The van der Waals surface area contributed by atoms with E-state index in [1.165, 1.54) is 36.4 Å². The number of nitrogens with one attached hydrogen (secondary N) is 1. The van der Waals surface area contributed by atoms with Crippen LogP contribution >= 0.6 is 0 Å². The van der Waals surface area contributed by atoms with Crippen LogP contribution in [0.3, 0.4) is 0 Å². The molecule has 2 atom stereocenters. The lowest BCUT2D eigenvalue weighted by Gasteiger charge is -2.21. The number of hydrogen-bond donors (Lipinski definition) is 2. The number of sulfone groups is 1. The maximum absolute atomic E-state index is 12.6. The highest BCUT2D eigenvalue weighted by atomic mass is 32.2. The Morgan fingerprint density at radius 1 is 1.10 bits per heavy atom. The van der Waals surface area contributed by atoms with E-state index in [4.69, 9.17) is 9.47 Å². The molecular weight excluding hydrogens is 411 g/mol. The van der Waals surface area contributed by atoms with Gasteiger partial charge in [0, 0.05) is 6.61 Å². The fraction of sp³-hybridized carbons (Fsp3) is 0.368. The second-order valence-corrected chi connectivity index (χ2v) is 8.70. The van der Waals surface area contributed by atoms with E-state index in [0.29, 0.717) is 13.0 Å². The van der Waals surface area contributed by atoms with E-state index >= 15 is 0 Å². The Hall–Kier alpha value is -2.14. The van der Waals surface area contributed by atoms with Crippen molar-refractivity contribution < 1.29 is 36.3 Å². The molecule has 1 aliphatic rings. The standard InChI is InChI=1S/C19H20F3NO5S/c20-19(21,22)13-3-5-14(6-4-13)28-15-7-9-16(10-8-15)29(25,26)12-17(23-24)18-2-1-11-27-18/h3-10,17-18,23-24H,1-2,11-12H2/t17-,18+/m0/s1. The summed E-state index contributed by atoms with van der Waals surface area (Å²) in [6, 6.07) is 8.96. The molecule has 6 nitrogen and oxygen atoms in total. The second-order valence-electron chi connectivity index (χ2n) is 6.66. The fourth-order valence-corrected chi connectivity index (χ4v) is 4.55. The zero-order valence-corrected chi connectivity index (χ0v) is 16.0. The molecule has 1 aliphatic heterocycles. The van der Waals surface area contributed by atoms with Crippen LogP contribution in [-0.2, 0) is 20.8 Å². The van der Waals surface area contributed by atoms with E-state index in [2.05, 4.69) is 0 Å². The van der Waals surface area contributed by atoms with Crippen molar-refractivity contribution in [1.29, 1.82) is 0 Å². The fourth-order valence-electron chi connectivity index (χ4n) is 3.04. The quantitative estimate of drug-likeness (QED) is 0.649. The van der Waals surface area contributed by atoms with Crippen LogP contribution in [-0.4, -0.2) is 38.1 Å². The number of hydrogen-bond acceptors (Lipinski definition) is 6. The summed E-state index contributed by atoms with van der Waals surface area (Å²) in [6.45, 7) is 0.527. The Morgan fingerprint density at radius 3 is 2.17 bits per heavy atom. The molecule has 0 spiro atoms. The van der Waals surface area contributed by atoms with E-state index in [-0.39, 0.29) is 28.3 Å². The van der Waals surface area contributed by atoms with Gasteiger partial charge in [0.25, 0.3) is 0 Å². The first kappa shape index (κ1) is 21.6. The maximum atomic E-state index is 12.6. The topological polar surface area (TPSA) is 84.9 Å². The summed E-state index contributed by atoms with van der Waals surface area (Å²) >= 11 is 0. The molecule has 10 heteroatoms. The van der Waals surface area contributed by atoms with Crippen LogP contribution in [0.15, 0.2) is 53.4 Å². The first-order valence-corrected chi connectivity index (χ1v) is 10.5. The summed E-state index contributed by atoms with van der Waals surface area (Å²) in [6.07, 6.45) is -3.34. The molecule has 1 saturated heterocycles. The molecule has 2 N–H and O–H groups in total. The third-order valence-electron chi connectivity index (χ3n) is 4.58. The van der Waals surface area contributed by atoms with Gasteiger partial charge >= 0.3 is 6.18 Å². The molecule has 2 aromatic carbocycles. The molecule has 0 aromatic heterocycles. The van der Waals surface area contributed by atoms with E-state index in [0.717, 1.165) is 18.6 Å². The zero-order chi connectivity index (χ0) is 21.1. The molecule has 29 heavy (non-hydrogen) atoms. The summed E-state index contributed by atoms with van der Waals surface area (Å²) in [7, 11) is -3.70. The van der Waals surface area contributed by atoms with Crippen molar-refractivity contribution in [3.05, 3.63) is 54.1 Å². The van der Waals surface area contributed by atoms with E-state index < -0.39 is 27.6 Å². The Bertz CT molecular complexity index is 908. The normalized spacial score (nSPS) is 18.6. The third-order valence-corrected chi connectivity index (χ3v) is 6.37. The number of rotatable bonds is 7. The Balaban J connectivity index is 1.67. The van der Waals surface area contributed by atoms with Crippen LogP contribution in [0.4, 0.5) is 13.2 Å². The van der Waals surface area contributed by atoms with Crippen molar-refractivity contribution in [2.45, 2.75) is 36.1 Å². The van der Waals surface area contributed by atoms with Crippen molar-refractivity contribution in [3.63, 3.8) is 0 Å². The van der Waals surface area contributed by atoms with Gasteiger partial charge in [-0.3, -0.25) is 0 Å². The Kier molecular flexibility index (Phi) is 6.47. The minimum Gasteiger partial charge on any atom is -0.457 e. The summed E-state index contributed by atoms with van der Waals surface area (Å²) in [5.74, 6) is 0.129. The number of alkyl halides is 3. The lowest BCUT2D eigenvalue weighted by Crippen LogP contribution is -2.43. The van der Waals surface area contributed by atoms with E-state index in [1.54, 1.807) is 0 Å². The SMILES string of the molecule is O=S(=O)(C[C@H](NO)[C@H]1CCCO1)c1ccc(Oc2ccc(C(F)(F)F)cc2)cc1. The third kappa shape index (κ3) is 5.47. The minimum absolute atomic E-state index is 0.0375. The average molecular weight is 431 g/mol. The number of halogens is 3. The molecule has 3 rings (SSSR count). The summed E-state index contributed by atoms with van der Waals surface area (Å²) in [4.78, 5) is 0.0375. The largest absolute Gasteiger partial charge is 0.457 e. The Labute approximate surface area is 166 Å². The van der Waals surface area contributed by atoms with Crippen LogP contribution in [0, 0.1) is 0 Å². The van der Waals surface area contributed by atoms with Gasteiger partial charge < -0.3 is 14.7 Å². The van der Waals surface area contributed by atoms with Gasteiger partial charge in [-0.15, -0.1) is 0 Å². The molecular formula is C19H20F3NO5S. The molecule has 158 valence electrons. The van der Waals surface area contributed by atoms with Gasteiger partial charge in [0.2, 0.25) is 0 Å².